The van der Waals surface area contributed by atoms with Crippen LogP contribution in [0.2, 0.25) is 0 Å². The van der Waals surface area contributed by atoms with E-state index in [1.165, 1.54) is 23.3 Å². The molecule has 0 saturated carbocycles. The highest BCUT2D eigenvalue weighted by atomic mass is 32.2. The van der Waals surface area contributed by atoms with Crippen molar-refractivity contribution < 1.29 is 17.6 Å². The van der Waals surface area contributed by atoms with Crippen molar-refractivity contribution in [3.05, 3.63) is 58.9 Å². The van der Waals surface area contributed by atoms with Gasteiger partial charge in [-0.25, -0.2) is 0 Å². The molecule has 1 aliphatic heterocycles. The Labute approximate surface area is 150 Å². The molecule has 0 atom stereocenters. The molecule has 0 aliphatic carbocycles. The Morgan fingerprint density at radius 3 is 2.56 bits per heavy atom. The zero-order valence-electron chi connectivity index (χ0n) is 13.7. The minimum atomic E-state index is -3.89. The highest BCUT2D eigenvalue weighted by Gasteiger charge is 2.34. The van der Waals surface area contributed by atoms with E-state index in [1.54, 1.807) is 37.3 Å². The maximum Gasteiger partial charge on any atom is 0.284 e. The summed E-state index contributed by atoms with van der Waals surface area (Å²) in [5.74, 6) is 0.233. The predicted octanol–water partition coefficient (Wildman–Crippen LogP) is 3.27. The number of aryl methyl sites for hydroxylation is 1. The minimum Gasteiger partial charge on any atom is -0.465 e. The van der Waals surface area contributed by atoms with Crippen LogP contribution < -0.4 is 0 Å². The molecule has 0 N–H and O–H groups in total. The number of hydrogen-bond donors (Lipinski definition) is 0. The molecule has 1 aromatic heterocycles. The predicted molar refractivity (Wildman–Crippen MR) is 97.5 cm³/mol. The molecule has 0 spiro atoms. The van der Waals surface area contributed by atoms with Crippen LogP contribution in [0.5, 0.6) is 0 Å². The second kappa shape index (κ2) is 6.89. The summed E-state index contributed by atoms with van der Waals surface area (Å²) in [6, 6.07) is 9.86. The summed E-state index contributed by atoms with van der Waals surface area (Å²) in [6.45, 7) is 3.96. The molecule has 1 fully saturated rings. The molecule has 1 saturated heterocycles. The van der Waals surface area contributed by atoms with E-state index in [4.69, 9.17) is 4.42 Å². The average molecular weight is 376 g/mol. The molecule has 3 rings (SSSR count). The van der Waals surface area contributed by atoms with Crippen molar-refractivity contribution in [3.63, 3.8) is 0 Å². The van der Waals surface area contributed by atoms with E-state index in [-0.39, 0.29) is 16.0 Å². The van der Waals surface area contributed by atoms with Crippen LogP contribution in [-0.4, -0.2) is 30.9 Å². The van der Waals surface area contributed by atoms with Crippen molar-refractivity contribution in [1.82, 2.24) is 4.90 Å². The number of likely N-dealkylation sites (N-methyl/N-ethyl adjacent to an activating group) is 1. The molecule has 0 bridgehead atoms. The molecule has 130 valence electrons. The second-order valence-corrected chi connectivity index (χ2v) is 7.95. The summed E-state index contributed by atoms with van der Waals surface area (Å²) in [6.07, 6.45) is 3.08. The number of benzene rings is 1. The number of furan rings is 1. The number of amides is 1. The standard InChI is InChI=1S/C17H16N2O4S2/c1-3-19-16(20)15(11-13-5-4-10-23-13)24-17(19)18-25(21,22)14-8-6-12(2)7-9-14/h4-11H,3H2,1-2H3/b15-11-,18-17?. The first-order valence-electron chi connectivity index (χ1n) is 7.57. The van der Waals surface area contributed by atoms with Crippen LogP contribution in [-0.2, 0) is 14.8 Å². The van der Waals surface area contributed by atoms with Crippen molar-refractivity contribution in [2.75, 3.05) is 6.54 Å². The monoisotopic (exact) mass is 376 g/mol. The van der Waals surface area contributed by atoms with Crippen LogP contribution in [0.3, 0.4) is 0 Å². The van der Waals surface area contributed by atoms with Gasteiger partial charge >= 0.3 is 0 Å². The molecule has 6 nitrogen and oxygen atoms in total. The van der Waals surface area contributed by atoms with Gasteiger partial charge in [0.25, 0.3) is 15.9 Å². The summed E-state index contributed by atoms with van der Waals surface area (Å²) in [7, 11) is -3.89. The van der Waals surface area contributed by atoms with Crippen molar-refractivity contribution >= 4 is 38.9 Å². The average Bonchev–Trinajstić information content (AvgIpc) is 3.17. The first-order chi connectivity index (χ1) is 11.9. The Balaban J connectivity index is 1.96. The van der Waals surface area contributed by atoms with Crippen molar-refractivity contribution in [3.8, 4) is 0 Å². The molecule has 1 aliphatic rings. The topological polar surface area (TPSA) is 80.0 Å². The maximum atomic E-state index is 12.5. The molecule has 0 radical (unpaired) electrons. The smallest absolute Gasteiger partial charge is 0.284 e. The van der Waals surface area contributed by atoms with Crippen molar-refractivity contribution in [1.29, 1.82) is 0 Å². The van der Waals surface area contributed by atoms with Gasteiger partial charge in [0.05, 0.1) is 16.1 Å². The van der Waals surface area contributed by atoms with Gasteiger partial charge in [-0.2, -0.15) is 8.42 Å². The number of amidine groups is 1. The van der Waals surface area contributed by atoms with Crippen LogP contribution in [0.15, 0.2) is 61.3 Å². The minimum absolute atomic E-state index is 0.0955. The summed E-state index contributed by atoms with van der Waals surface area (Å²) in [5.41, 5.74) is 0.955. The Bertz CT molecular complexity index is 943. The molecule has 0 unspecified atom stereocenters. The number of thioether (sulfide) groups is 1. The fraction of sp³-hybridized carbons (Fsp3) is 0.176. The van der Waals surface area contributed by atoms with Crippen LogP contribution in [0.25, 0.3) is 6.08 Å². The molecular formula is C17H16N2O4S2. The highest BCUT2D eigenvalue weighted by molar-refractivity contribution is 8.19. The van der Waals surface area contributed by atoms with E-state index in [1.807, 2.05) is 6.92 Å². The Kier molecular flexibility index (Phi) is 4.82. The molecular weight excluding hydrogens is 360 g/mol. The lowest BCUT2D eigenvalue weighted by molar-refractivity contribution is -0.122. The number of rotatable bonds is 4. The highest BCUT2D eigenvalue weighted by Crippen LogP contribution is 2.33. The number of hydrogen-bond acceptors (Lipinski definition) is 5. The van der Waals surface area contributed by atoms with E-state index in [2.05, 4.69) is 4.40 Å². The molecule has 1 aromatic carbocycles. The Morgan fingerprint density at radius 1 is 1.24 bits per heavy atom. The van der Waals surface area contributed by atoms with Gasteiger partial charge in [0.2, 0.25) is 0 Å². The van der Waals surface area contributed by atoms with Gasteiger partial charge in [0, 0.05) is 12.6 Å². The quantitative estimate of drug-likeness (QED) is 0.765. The fourth-order valence-corrected chi connectivity index (χ4v) is 4.45. The third-order valence-electron chi connectivity index (χ3n) is 3.54. The van der Waals surface area contributed by atoms with E-state index in [0.717, 1.165) is 17.3 Å². The van der Waals surface area contributed by atoms with E-state index >= 15 is 0 Å². The molecule has 1 amide bonds. The van der Waals surface area contributed by atoms with Gasteiger partial charge in [-0.15, -0.1) is 4.40 Å². The lowest BCUT2D eigenvalue weighted by Gasteiger charge is -2.11. The normalized spacial score (nSPS) is 18.5. The first-order valence-corrected chi connectivity index (χ1v) is 9.83. The van der Waals surface area contributed by atoms with Gasteiger partial charge in [-0.1, -0.05) is 17.7 Å². The SMILES string of the molecule is CCN1C(=O)/C(=C/c2ccco2)SC1=NS(=O)(=O)c1ccc(C)cc1. The molecule has 2 heterocycles. The third kappa shape index (κ3) is 3.69. The zero-order chi connectivity index (χ0) is 18.0. The van der Waals surface area contributed by atoms with Gasteiger partial charge in [-0.05, 0) is 49.9 Å². The van der Waals surface area contributed by atoms with Crippen LogP contribution in [0.1, 0.15) is 18.2 Å². The van der Waals surface area contributed by atoms with Crippen LogP contribution in [0, 0.1) is 6.92 Å². The number of carbonyl (C=O) groups excluding carboxylic acids is 1. The molecule has 25 heavy (non-hydrogen) atoms. The lowest BCUT2D eigenvalue weighted by Crippen LogP contribution is -2.29. The largest absolute Gasteiger partial charge is 0.465 e. The van der Waals surface area contributed by atoms with Crippen molar-refractivity contribution in [2.24, 2.45) is 4.40 Å². The number of carbonyl (C=O) groups is 1. The Hall–Kier alpha value is -2.32. The van der Waals surface area contributed by atoms with Crippen molar-refractivity contribution in [2.45, 2.75) is 18.7 Å². The summed E-state index contributed by atoms with van der Waals surface area (Å²) in [5, 5.41) is 0.144. The van der Waals surface area contributed by atoms with Gasteiger partial charge in [0.15, 0.2) is 5.17 Å². The second-order valence-electron chi connectivity index (χ2n) is 5.34. The van der Waals surface area contributed by atoms with E-state index < -0.39 is 10.0 Å². The van der Waals surface area contributed by atoms with Gasteiger partial charge in [-0.3, -0.25) is 9.69 Å². The van der Waals surface area contributed by atoms with Crippen LogP contribution >= 0.6 is 11.8 Å². The summed E-state index contributed by atoms with van der Waals surface area (Å²) < 4.78 is 34.1. The molecule has 2 aromatic rings. The first kappa shape index (κ1) is 17.5. The maximum absolute atomic E-state index is 12.5. The fourth-order valence-electron chi connectivity index (χ4n) is 2.22. The number of nitrogens with zero attached hydrogens (tertiary/aromatic N) is 2. The summed E-state index contributed by atoms with van der Waals surface area (Å²) >= 11 is 1.02. The van der Waals surface area contributed by atoms with Gasteiger partial charge in [0.1, 0.15) is 5.76 Å². The Morgan fingerprint density at radius 2 is 1.96 bits per heavy atom. The lowest BCUT2D eigenvalue weighted by atomic mass is 10.2. The third-order valence-corrected chi connectivity index (χ3v) is 5.94. The van der Waals surface area contributed by atoms with E-state index in [9.17, 15) is 13.2 Å². The van der Waals surface area contributed by atoms with Gasteiger partial charge < -0.3 is 4.42 Å². The zero-order valence-corrected chi connectivity index (χ0v) is 15.3. The number of sulfonamides is 1. The van der Waals surface area contributed by atoms with E-state index in [0.29, 0.717) is 17.2 Å². The summed E-state index contributed by atoms with van der Waals surface area (Å²) in [4.78, 5) is 14.3. The van der Waals surface area contributed by atoms with Crippen LogP contribution in [0.4, 0.5) is 0 Å². The molecule has 8 heteroatoms.